The highest BCUT2D eigenvalue weighted by Gasteiger charge is 2.35. The van der Waals surface area contributed by atoms with Crippen LogP contribution in [0.2, 0.25) is 0 Å². The van der Waals surface area contributed by atoms with Gasteiger partial charge in [-0.1, -0.05) is 303 Å². The fourth-order valence-electron chi connectivity index (χ4n) is 10.1. The second kappa shape index (κ2) is 42.8. The molecule has 0 fully saturated rings. The number of rotatable bonds is 47. The zero-order valence-corrected chi connectivity index (χ0v) is 47.4. The average molecular weight is 1030 g/mol. The number of amides is 1. The Labute approximate surface area is 457 Å². The third kappa shape index (κ3) is 30.9. The molecule has 1 amide bonds. The highest BCUT2D eigenvalue weighted by atomic mass is 16.6. The van der Waals surface area contributed by atoms with Crippen molar-refractivity contribution in [2.45, 2.75) is 258 Å². The van der Waals surface area contributed by atoms with Gasteiger partial charge in [0.2, 0.25) is 0 Å². The van der Waals surface area contributed by atoms with Crippen molar-refractivity contribution in [1.29, 1.82) is 0 Å². The van der Waals surface area contributed by atoms with Crippen LogP contribution in [0, 0.1) is 5.92 Å². The van der Waals surface area contributed by atoms with Gasteiger partial charge in [-0.3, -0.25) is 4.79 Å². The second-order valence-electron chi connectivity index (χ2n) is 21.9. The Kier molecular flexibility index (Phi) is 36.1. The molecule has 416 valence electrons. The average Bonchev–Trinajstić information content (AvgIpc) is 3.43. The molecule has 0 heterocycles. The van der Waals surface area contributed by atoms with E-state index < -0.39 is 24.2 Å². The molecule has 0 aliphatic heterocycles. The van der Waals surface area contributed by atoms with Crippen molar-refractivity contribution < 1.29 is 28.5 Å². The largest absolute Gasteiger partial charge is 0.449 e. The van der Waals surface area contributed by atoms with Crippen LogP contribution >= 0.6 is 0 Å². The molecule has 0 spiro atoms. The lowest BCUT2D eigenvalue weighted by molar-refractivity contribution is -0.139. The number of carbonyl (C=O) groups is 2. The third-order valence-corrected chi connectivity index (χ3v) is 14.7. The lowest BCUT2D eigenvalue weighted by Crippen LogP contribution is -2.55. The van der Waals surface area contributed by atoms with E-state index in [0.717, 1.165) is 61.1 Å². The summed E-state index contributed by atoms with van der Waals surface area (Å²) in [7, 11) is 0. The fourth-order valence-corrected chi connectivity index (χ4v) is 10.1. The summed E-state index contributed by atoms with van der Waals surface area (Å²) in [5.74, 6) is -0.0436. The van der Waals surface area contributed by atoms with Crippen molar-refractivity contribution in [3.63, 3.8) is 0 Å². The van der Waals surface area contributed by atoms with Crippen LogP contribution in [0.1, 0.15) is 240 Å². The minimum atomic E-state index is -0.982. The van der Waals surface area contributed by atoms with Gasteiger partial charge in [-0.05, 0) is 54.0 Å². The Hall–Kier alpha value is -4.30. The maximum absolute atomic E-state index is 14.9. The Bertz CT molecular complexity index is 1930. The molecule has 0 aliphatic rings. The van der Waals surface area contributed by atoms with Gasteiger partial charge in [0.1, 0.15) is 6.10 Å². The maximum atomic E-state index is 14.9. The lowest BCUT2D eigenvalue weighted by Gasteiger charge is -2.35. The van der Waals surface area contributed by atoms with Crippen molar-refractivity contribution in [2.24, 2.45) is 5.92 Å². The van der Waals surface area contributed by atoms with E-state index in [1.54, 1.807) is 12.1 Å². The predicted molar refractivity (Wildman–Crippen MR) is 313 cm³/mol. The summed E-state index contributed by atoms with van der Waals surface area (Å²) in [5.41, 5.74) is 3.58. The number of nitrogens with one attached hydrogen (secondary N) is 1. The summed E-state index contributed by atoms with van der Waals surface area (Å²) < 4.78 is 26.6. The van der Waals surface area contributed by atoms with Gasteiger partial charge in [0, 0.05) is 0 Å². The molecule has 0 aromatic heterocycles. The molecule has 0 bridgehead atoms. The molecule has 0 radical (unpaired) electrons. The van der Waals surface area contributed by atoms with E-state index in [1.807, 2.05) is 84.9 Å². The molecular weight excluding hydrogens is 927 g/mol. The molecule has 0 saturated heterocycles. The number of hydrogen-bond donors (Lipinski definition) is 1. The Morgan fingerprint density at radius 2 is 0.800 bits per heavy atom. The van der Waals surface area contributed by atoms with Gasteiger partial charge >= 0.3 is 5.97 Å². The van der Waals surface area contributed by atoms with E-state index in [4.69, 9.17) is 18.9 Å². The summed E-state index contributed by atoms with van der Waals surface area (Å²) in [6.45, 7) is 8.22. The van der Waals surface area contributed by atoms with Gasteiger partial charge in [-0.25, -0.2) is 4.79 Å². The van der Waals surface area contributed by atoms with Gasteiger partial charge in [0.15, 0.2) is 6.10 Å². The number of esters is 1. The quantitative estimate of drug-likeness (QED) is 0.0351. The second-order valence-corrected chi connectivity index (χ2v) is 21.9. The van der Waals surface area contributed by atoms with E-state index in [2.05, 4.69) is 50.4 Å². The Morgan fingerprint density at radius 3 is 1.24 bits per heavy atom. The maximum Gasteiger partial charge on any atom is 0.338 e. The zero-order chi connectivity index (χ0) is 53.1. The molecule has 4 atom stereocenters. The number of unbranched alkanes of at least 4 members (excludes halogenated alkanes) is 25. The SMILES string of the molecule is CCCCCCCCCCCCCCCCCCCC[C@@H](OC(=O)c1ccccc1)C(=O)N[C@@H](COCc1ccccc1)[C@H](OCc1ccccc1)[C@@H](CCCCCCCCCCCC(C)C)OCc1ccccc1. The third-order valence-electron chi connectivity index (χ3n) is 14.7. The monoisotopic (exact) mass is 1030 g/mol. The zero-order valence-electron chi connectivity index (χ0n) is 47.4. The molecule has 0 unspecified atom stereocenters. The molecule has 4 aromatic rings. The van der Waals surface area contributed by atoms with E-state index in [0.29, 0.717) is 31.8 Å². The molecule has 75 heavy (non-hydrogen) atoms. The molecule has 4 aromatic carbocycles. The number of ether oxygens (including phenoxy) is 4. The minimum absolute atomic E-state index is 0.182. The van der Waals surface area contributed by atoms with Crippen molar-refractivity contribution in [1.82, 2.24) is 5.32 Å². The first-order valence-corrected chi connectivity index (χ1v) is 30.4. The van der Waals surface area contributed by atoms with Gasteiger partial charge in [0.25, 0.3) is 5.91 Å². The molecule has 7 nitrogen and oxygen atoms in total. The number of hydrogen-bond acceptors (Lipinski definition) is 6. The molecular formula is C68H103NO6. The summed E-state index contributed by atoms with van der Waals surface area (Å²) in [5, 5.41) is 3.38. The lowest BCUT2D eigenvalue weighted by atomic mass is 9.98. The van der Waals surface area contributed by atoms with Crippen molar-refractivity contribution in [3.8, 4) is 0 Å². The molecule has 4 rings (SSSR count). The van der Waals surface area contributed by atoms with Crippen LogP contribution in [-0.4, -0.2) is 42.8 Å². The van der Waals surface area contributed by atoms with Gasteiger partial charge in [-0.2, -0.15) is 0 Å². The Balaban J connectivity index is 1.44. The summed E-state index contributed by atoms with van der Waals surface area (Å²) in [6.07, 6.45) is 34.8. The predicted octanol–water partition coefficient (Wildman–Crippen LogP) is 18.5. The van der Waals surface area contributed by atoms with Gasteiger partial charge < -0.3 is 24.3 Å². The Morgan fingerprint density at radius 1 is 0.427 bits per heavy atom. The summed E-state index contributed by atoms with van der Waals surface area (Å²) in [6, 6.07) is 39.0. The highest BCUT2D eigenvalue weighted by molar-refractivity contribution is 5.92. The number of benzene rings is 4. The van der Waals surface area contributed by atoms with Crippen molar-refractivity contribution >= 4 is 11.9 Å². The standard InChI is InChI=1S/C68H103NO6/c1-4-5-6-7-8-9-10-11-12-13-14-15-16-17-20-24-27-42-53-65(75-68(71)62-50-39-31-40-51-62)67(70)69-63(57-72-54-59-44-33-28-34-45-59)66(74-56-61-48-37-30-38-49-61)64(73-55-60-46-35-29-36-47-60)52-41-26-23-21-18-19-22-25-32-43-58(2)3/h28-31,33-40,44-51,58,63-66H,4-27,32,41-43,52-57H2,1-3H3,(H,69,70)/t63-,64+,65+,66-/m0/s1. The molecule has 0 aliphatic carbocycles. The van der Waals surface area contributed by atoms with Crippen LogP contribution in [0.25, 0.3) is 0 Å². The highest BCUT2D eigenvalue weighted by Crippen LogP contribution is 2.24. The van der Waals surface area contributed by atoms with Gasteiger partial charge in [-0.15, -0.1) is 0 Å². The van der Waals surface area contributed by atoms with Crippen LogP contribution in [0.15, 0.2) is 121 Å². The first-order chi connectivity index (χ1) is 36.9. The van der Waals surface area contributed by atoms with Crippen LogP contribution in [0.5, 0.6) is 0 Å². The molecule has 1 N–H and O–H groups in total. The topological polar surface area (TPSA) is 83.1 Å². The fraction of sp³-hybridized carbons (Fsp3) is 0.618. The van der Waals surface area contributed by atoms with Crippen LogP contribution in [-0.2, 0) is 43.6 Å². The van der Waals surface area contributed by atoms with E-state index in [9.17, 15) is 9.59 Å². The van der Waals surface area contributed by atoms with Crippen LogP contribution in [0.4, 0.5) is 0 Å². The summed E-state index contributed by atoms with van der Waals surface area (Å²) in [4.78, 5) is 28.6. The smallest absolute Gasteiger partial charge is 0.338 e. The van der Waals surface area contributed by atoms with Crippen LogP contribution < -0.4 is 5.32 Å². The van der Waals surface area contributed by atoms with E-state index in [1.165, 1.54) is 148 Å². The van der Waals surface area contributed by atoms with Crippen molar-refractivity contribution in [3.05, 3.63) is 144 Å². The van der Waals surface area contributed by atoms with Crippen molar-refractivity contribution in [2.75, 3.05) is 6.61 Å². The number of carbonyl (C=O) groups excluding carboxylic acids is 2. The van der Waals surface area contributed by atoms with E-state index in [-0.39, 0.29) is 18.6 Å². The summed E-state index contributed by atoms with van der Waals surface area (Å²) >= 11 is 0. The first-order valence-electron chi connectivity index (χ1n) is 30.4. The van der Waals surface area contributed by atoms with Gasteiger partial charge in [0.05, 0.1) is 44.1 Å². The normalized spacial score (nSPS) is 13.1. The van der Waals surface area contributed by atoms with E-state index >= 15 is 0 Å². The first kappa shape index (κ1) is 63.2. The molecule has 7 heteroatoms. The van der Waals surface area contributed by atoms with Crippen LogP contribution in [0.3, 0.4) is 0 Å². The molecule has 0 saturated carbocycles. The minimum Gasteiger partial charge on any atom is -0.449 e.